The molecule has 2 unspecified atom stereocenters. The van der Waals surface area contributed by atoms with Crippen LogP contribution in [0.1, 0.15) is 25.7 Å². The van der Waals surface area contributed by atoms with Crippen molar-refractivity contribution >= 4 is 17.5 Å². The molecule has 1 aliphatic carbocycles. The third-order valence-corrected chi connectivity index (χ3v) is 3.95. The molecule has 0 bridgehead atoms. The first-order valence-corrected chi connectivity index (χ1v) is 6.35. The zero-order valence-corrected chi connectivity index (χ0v) is 10.0. The van der Waals surface area contributed by atoms with Gasteiger partial charge in [0, 0.05) is 0 Å². The quantitative estimate of drug-likeness (QED) is 0.770. The maximum atomic E-state index is 12.3. The Morgan fingerprint density at radius 2 is 1.44 bits per heavy atom. The maximum Gasteiger partial charge on any atom is 0.237 e. The number of hydrogen-bond donors (Lipinski definition) is 1. The molecule has 2 amide bonds. The second-order valence-corrected chi connectivity index (χ2v) is 5.03. The summed E-state index contributed by atoms with van der Waals surface area (Å²) in [6.45, 7) is 0. The smallest absolute Gasteiger partial charge is 0.237 e. The number of hydrogen-bond acceptors (Lipinski definition) is 3. The molecular weight excluding hydrogens is 230 g/mol. The van der Waals surface area contributed by atoms with E-state index in [1.807, 2.05) is 0 Å². The van der Waals surface area contributed by atoms with Gasteiger partial charge < -0.3 is 5.11 Å². The molecule has 94 valence electrons. The summed E-state index contributed by atoms with van der Waals surface area (Å²) in [5, 5.41) is 9.25. The van der Waals surface area contributed by atoms with E-state index in [4.69, 9.17) is 0 Å². The molecule has 0 spiro atoms. The van der Waals surface area contributed by atoms with Gasteiger partial charge in [0.15, 0.2) is 0 Å². The normalized spacial score (nSPS) is 27.4. The highest BCUT2D eigenvalue weighted by molar-refractivity contribution is 6.22. The average Bonchev–Trinajstić information content (AvgIpc) is 2.64. The Bertz CT molecular complexity index is 470. The van der Waals surface area contributed by atoms with Crippen LogP contribution in [0.5, 0.6) is 5.75 Å². The molecule has 1 heterocycles. The molecule has 0 aromatic heterocycles. The van der Waals surface area contributed by atoms with Crippen LogP contribution < -0.4 is 4.90 Å². The fourth-order valence-electron chi connectivity index (χ4n) is 3.02. The van der Waals surface area contributed by atoms with Crippen molar-refractivity contribution in [2.24, 2.45) is 11.8 Å². The van der Waals surface area contributed by atoms with Crippen LogP contribution >= 0.6 is 0 Å². The van der Waals surface area contributed by atoms with Crippen molar-refractivity contribution in [2.75, 3.05) is 4.90 Å². The lowest BCUT2D eigenvalue weighted by Gasteiger charge is -2.19. The molecule has 2 fully saturated rings. The van der Waals surface area contributed by atoms with Crippen molar-refractivity contribution < 1.29 is 14.7 Å². The first-order chi connectivity index (χ1) is 8.68. The van der Waals surface area contributed by atoms with Gasteiger partial charge >= 0.3 is 0 Å². The van der Waals surface area contributed by atoms with Crippen molar-refractivity contribution in [3.05, 3.63) is 24.3 Å². The highest BCUT2D eigenvalue weighted by atomic mass is 16.3. The second-order valence-electron chi connectivity index (χ2n) is 5.03. The van der Waals surface area contributed by atoms with Crippen molar-refractivity contribution in [3.63, 3.8) is 0 Å². The van der Waals surface area contributed by atoms with Gasteiger partial charge in [-0.2, -0.15) is 0 Å². The van der Waals surface area contributed by atoms with E-state index < -0.39 is 0 Å². The van der Waals surface area contributed by atoms with Crippen LogP contribution in [0.2, 0.25) is 0 Å². The molecule has 18 heavy (non-hydrogen) atoms. The summed E-state index contributed by atoms with van der Waals surface area (Å²) in [4.78, 5) is 25.8. The predicted octanol–water partition coefficient (Wildman–Crippen LogP) is 2.07. The SMILES string of the molecule is O=C1C2CCCCC2C(=O)N1c1ccc(O)cc1. The lowest BCUT2D eigenvalue weighted by atomic mass is 9.81. The zero-order valence-electron chi connectivity index (χ0n) is 10.0. The lowest BCUT2D eigenvalue weighted by molar-refractivity contribution is -0.122. The van der Waals surface area contributed by atoms with Gasteiger partial charge in [0.1, 0.15) is 5.75 Å². The van der Waals surface area contributed by atoms with Gasteiger partial charge in [-0.1, -0.05) is 12.8 Å². The number of fused-ring (bicyclic) bond motifs is 1. The second kappa shape index (κ2) is 4.12. The monoisotopic (exact) mass is 245 g/mol. The van der Waals surface area contributed by atoms with E-state index in [-0.39, 0.29) is 29.4 Å². The number of carbonyl (C=O) groups is 2. The lowest BCUT2D eigenvalue weighted by Crippen LogP contribution is -2.30. The molecule has 1 saturated heterocycles. The third-order valence-electron chi connectivity index (χ3n) is 3.95. The highest BCUT2D eigenvalue weighted by Crippen LogP contribution is 2.40. The molecule has 2 aliphatic rings. The van der Waals surface area contributed by atoms with E-state index >= 15 is 0 Å². The molecule has 4 nitrogen and oxygen atoms in total. The molecule has 0 radical (unpaired) electrons. The number of carbonyl (C=O) groups excluding carboxylic acids is 2. The molecule has 3 rings (SSSR count). The van der Waals surface area contributed by atoms with Gasteiger partial charge in [-0.15, -0.1) is 0 Å². The van der Waals surface area contributed by atoms with E-state index in [1.165, 1.54) is 17.0 Å². The molecule has 1 aromatic rings. The van der Waals surface area contributed by atoms with Crippen LogP contribution in [0.15, 0.2) is 24.3 Å². The molecule has 4 heteroatoms. The summed E-state index contributed by atoms with van der Waals surface area (Å²) in [5.74, 6) is -0.263. The summed E-state index contributed by atoms with van der Waals surface area (Å²) >= 11 is 0. The van der Waals surface area contributed by atoms with Crippen LogP contribution in [-0.2, 0) is 9.59 Å². The predicted molar refractivity (Wildman–Crippen MR) is 66.0 cm³/mol. The molecule has 1 N–H and O–H groups in total. The van der Waals surface area contributed by atoms with E-state index in [2.05, 4.69) is 0 Å². The Morgan fingerprint density at radius 1 is 0.944 bits per heavy atom. The topological polar surface area (TPSA) is 57.6 Å². The highest BCUT2D eigenvalue weighted by Gasteiger charge is 2.48. The summed E-state index contributed by atoms with van der Waals surface area (Å²) in [5.41, 5.74) is 0.567. The standard InChI is InChI=1S/C14H15NO3/c16-10-7-5-9(6-8-10)15-13(17)11-3-1-2-4-12(11)14(15)18/h5-8,11-12,16H,1-4H2. The van der Waals surface area contributed by atoms with Crippen molar-refractivity contribution in [1.82, 2.24) is 0 Å². The summed E-state index contributed by atoms with van der Waals surface area (Å²) in [6.07, 6.45) is 3.71. The minimum absolute atomic E-state index is 0.0737. The van der Waals surface area contributed by atoms with E-state index in [0.29, 0.717) is 5.69 Å². The Balaban J connectivity index is 1.95. The molecular formula is C14H15NO3. The number of imide groups is 1. The van der Waals surface area contributed by atoms with Gasteiger partial charge in [-0.05, 0) is 37.1 Å². The van der Waals surface area contributed by atoms with Crippen LogP contribution in [0.3, 0.4) is 0 Å². The van der Waals surface area contributed by atoms with Gasteiger partial charge in [0.25, 0.3) is 0 Å². The number of phenolic OH excluding ortho intramolecular Hbond substituents is 1. The average molecular weight is 245 g/mol. The van der Waals surface area contributed by atoms with Gasteiger partial charge in [-0.25, -0.2) is 0 Å². The summed E-state index contributed by atoms with van der Waals surface area (Å²) in [6, 6.07) is 6.22. The largest absolute Gasteiger partial charge is 0.508 e. The fourth-order valence-corrected chi connectivity index (χ4v) is 3.02. The number of amides is 2. The number of nitrogens with zero attached hydrogens (tertiary/aromatic N) is 1. The van der Waals surface area contributed by atoms with Crippen LogP contribution in [0.25, 0.3) is 0 Å². The van der Waals surface area contributed by atoms with Crippen LogP contribution in [-0.4, -0.2) is 16.9 Å². The Labute approximate surface area is 105 Å². The van der Waals surface area contributed by atoms with E-state index in [9.17, 15) is 14.7 Å². The van der Waals surface area contributed by atoms with Crippen molar-refractivity contribution in [2.45, 2.75) is 25.7 Å². The first kappa shape index (κ1) is 11.3. The van der Waals surface area contributed by atoms with Crippen LogP contribution in [0, 0.1) is 11.8 Å². The molecule has 1 aliphatic heterocycles. The fraction of sp³-hybridized carbons (Fsp3) is 0.429. The number of anilines is 1. The number of aromatic hydroxyl groups is 1. The zero-order chi connectivity index (χ0) is 12.7. The van der Waals surface area contributed by atoms with Gasteiger partial charge in [-0.3, -0.25) is 14.5 Å². The molecule has 2 atom stereocenters. The summed E-state index contributed by atoms with van der Waals surface area (Å²) < 4.78 is 0. The van der Waals surface area contributed by atoms with E-state index in [1.54, 1.807) is 12.1 Å². The van der Waals surface area contributed by atoms with Gasteiger partial charge in [0.2, 0.25) is 11.8 Å². The number of benzene rings is 1. The minimum atomic E-state index is -0.125. The summed E-state index contributed by atoms with van der Waals surface area (Å²) in [7, 11) is 0. The minimum Gasteiger partial charge on any atom is -0.508 e. The van der Waals surface area contributed by atoms with Crippen molar-refractivity contribution in [3.8, 4) is 5.75 Å². The molecule has 1 saturated carbocycles. The first-order valence-electron chi connectivity index (χ1n) is 6.35. The maximum absolute atomic E-state index is 12.3. The third kappa shape index (κ3) is 1.60. The Kier molecular flexibility index (Phi) is 2.58. The molecule has 1 aromatic carbocycles. The van der Waals surface area contributed by atoms with Gasteiger partial charge in [0.05, 0.1) is 17.5 Å². The number of rotatable bonds is 1. The van der Waals surface area contributed by atoms with E-state index in [0.717, 1.165) is 25.7 Å². The Morgan fingerprint density at radius 3 is 1.94 bits per heavy atom. The Hall–Kier alpha value is -1.84. The van der Waals surface area contributed by atoms with Crippen LogP contribution in [0.4, 0.5) is 5.69 Å². The van der Waals surface area contributed by atoms with Crippen molar-refractivity contribution in [1.29, 1.82) is 0 Å². The number of phenols is 1.